The van der Waals surface area contributed by atoms with Crippen LogP contribution in [0.4, 0.5) is 0 Å². The molecule has 0 amide bonds. The van der Waals surface area contributed by atoms with E-state index in [9.17, 15) is 0 Å². The van der Waals surface area contributed by atoms with Crippen molar-refractivity contribution in [1.29, 1.82) is 0 Å². The Bertz CT molecular complexity index is 653. The van der Waals surface area contributed by atoms with Crippen LogP contribution in [-0.4, -0.2) is 145 Å². The molecule has 39 heavy (non-hydrogen) atoms. The smallest absolute Gasteiger partial charge is 0.0195 e. The SMILES string of the molecule is CC(C)N1CCC(CN2CCN(C(C)C)CC2C)CC1.CCC(C)N1CCN(CC2CCN(C(C)C)C2)CC1. The van der Waals surface area contributed by atoms with Gasteiger partial charge in [-0.2, -0.15) is 0 Å². The molecule has 6 heteroatoms. The summed E-state index contributed by atoms with van der Waals surface area (Å²) in [5, 5.41) is 0. The van der Waals surface area contributed by atoms with Gasteiger partial charge in [0.1, 0.15) is 0 Å². The fourth-order valence-electron chi connectivity index (χ4n) is 7.24. The minimum atomic E-state index is 0.703. The third kappa shape index (κ3) is 10.5. The molecule has 0 bridgehead atoms. The zero-order valence-corrected chi connectivity index (χ0v) is 27.7. The summed E-state index contributed by atoms with van der Waals surface area (Å²) >= 11 is 0. The van der Waals surface area contributed by atoms with Gasteiger partial charge in [-0.3, -0.25) is 14.7 Å². The summed E-state index contributed by atoms with van der Waals surface area (Å²) in [5.74, 6) is 1.84. The Hall–Kier alpha value is -0.240. The van der Waals surface area contributed by atoms with Crippen molar-refractivity contribution in [3.8, 4) is 0 Å². The second-order valence-corrected chi connectivity index (χ2v) is 14.3. The standard InChI is InChI=1S/C17H35N3.C16H33N3/c1-14(2)18-8-6-17(7-9-18)13-20-11-10-19(15(3)4)12-16(20)5;1-5-15(4)18-10-8-17(9-11-18)12-16-6-7-19(13-16)14(2)3/h14-17H,6-13H2,1-5H3;14-16H,5-13H2,1-4H3. The minimum absolute atomic E-state index is 0.703. The molecule has 4 fully saturated rings. The molecule has 4 rings (SSSR count). The molecule has 4 heterocycles. The monoisotopic (exact) mass is 549 g/mol. The Morgan fingerprint density at radius 2 is 1.05 bits per heavy atom. The van der Waals surface area contributed by atoms with Gasteiger partial charge in [0.05, 0.1) is 0 Å². The number of piperazine rings is 2. The first kappa shape index (κ1) is 33.3. The largest absolute Gasteiger partial charge is 0.301 e. The van der Waals surface area contributed by atoms with Crippen LogP contribution in [0, 0.1) is 11.8 Å². The average Bonchev–Trinajstić information content (AvgIpc) is 3.39. The number of rotatable bonds is 9. The molecule has 0 saturated carbocycles. The second kappa shape index (κ2) is 16.4. The highest BCUT2D eigenvalue weighted by atomic mass is 15.3. The topological polar surface area (TPSA) is 19.4 Å². The summed E-state index contributed by atoms with van der Waals surface area (Å²) in [4.78, 5) is 16.0. The van der Waals surface area contributed by atoms with Crippen molar-refractivity contribution in [1.82, 2.24) is 29.4 Å². The lowest BCUT2D eigenvalue weighted by atomic mass is 9.94. The third-order valence-corrected chi connectivity index (χ3v) is 10.6. The number of hydrogen-bond donors (Lipinski definition) is 0. The van der Waals surface area contributed by atoms with E-state index in [1.165, 1.54) is 111 Å². The molecular formula is C33H68N6. The lowest BCUT2D eigenvalue weighted by molar-refractivity contribution is 0.0409. The van der Waals surface area contributed by atoms with Gasteiger partial charge in [0.2, 0.25) is 0 Å². The zero-order valence-electron chi connectivity index (χ0n) is 27.7. The van der Waals surface area contributed by atoms with Gasteiger partial charge in [-0.15, -0.1) is 0 Å². The van der Waals surface area contributed by atoms with Gasteiger partial charge in [0.25, 0.3) is 0 Å². The van der Waals surface area contributed by atoms with Crippen molar-refractivity contribution in [3.05, 3.63) is 0 Å². The molecule has 0 aromatic heterocycles. The normalized spacial score (nSPS) is 28.9. The van der Waals surface area contributed by atoms with Crippen LogP contribution in [0.3, 0.4) is 0 Å². The predicted octanol–water partition coefficient (Wildman–Crippen LogP) is 4.65. The summed E-state index contributed by atoms with van der Waals surface area (Å²) in [6.45, 7) is 37.8. The van der Waals surface area contributed by atoms with Crippen LogP contribution in [0.15, 0.2) is 0 Å². The summed E-state index contributed by atoms with van der Waals surface area (Å²) in [6, 6.07) is 3.66. The van der Waals surface area contributed by atoms with Crippen molar-refractivity contribution in [3.63, 3.8) is 0 Å². The van der Waals surface area contributed by atoms with Crippen LogP contribution in [0.5, 0.6) is 0 Å². The fraction of sp³-hybridized carbons (Fsp3) is 1.00. The molecule has 0 aliphatic carbocycles. The van der Waals surface area contributed by atoms with Gasteiger partial charge in [0, 0.05) is 95.7 Å². The first-order valence-corrected chi connectivity index (χ1v) is 17.0. The molecule has 4 aliphatic rings. The summed E-state index contributed by atoms with van der Waals surface area (Å²) in [5.41, 5.74) is 0. The lowest BCUT2D eigenvalue weighted by Gasteiger charge is -2.44. The Labute approximate surface area is 244 Å². The molecule has 0 N–H and O–H groups in total. The van der Waals surface area contributed by atoms with Crippen molar-refractivity contribution in [2.75, 3.05) is 85.1 Å². The Morgan fingerprint density at radius 3 is 1.56 bits per heavy atom. The molecule has 3 unspecified atom stereocenters. The van der Waals surface area contributed by atoms with Crippen LogP contribution < -0.4 is 0 Å². The van der Waals surface area contributed by atoms with E-state index in [2.05, 4.69) is 91.7 Å². The molecule has 230 valence electrons. The van der Waals surface area contributed by atoms with Crippen molar-refractivity contribution in [2.24, 2.45) is 11.8 Å². The second-order valence-electron chi connectivity index (χ2n) is 14.3. The molecule has 3 atom stereocenters. The van der Waals surface area contributed by atoms with Crippen LogP contribution in [0.25, 0.3) is 0 Å². The quantitative estimate of drug-likeness (QED) is 0.415. The van der Waals surface area contributed by atoms with Crippen molar-refractivity contribution < 1.29 is 0 Å². The van der Waals surface area contributed by atoms with E-state index < -0.39 is 0 Å². The minimum Gasteiger partial charge on any atom is -0.301 e. The van der Waals surface area contributed by atoms with Gasteiger partial charge in [0.15, 0.2) is 0 Å². The first-order chi connectivity index (χ1) is 18.6. The fourth-order valence-corrected chi connectivity index (χ4v) is 7.24. The molecule has 0 aromatic carbocycles. The molecule has 0 aromatic rings. The maximum Gasteiger partial charge on any atom is 0.0195 e. The lowest BCUT2D eigenvalue weighted by Crippen LogP contribution is -2.55. The maximum atomic E-state index is 2.74. The van der Waals surface area contributed by atoms with E-state index in [-0.39, 0.29) is 0 Å². The van der Waals surface area contributed by atoms with E-state index in [1.807, 2.05) is 0 Å². The van der Waals surface area contributed by atoms with Crippen LogP contribution in [0.1, 0.15) is 88.0 Å². The molecule has 4 saturated heterocycles. The van der Waals surface area contributed by atoms with E-state index >= 15 is 0 Å². The van der Waals surface area contributed by atoms with E-state index in [4.69, 9.17) is 0 Å². The Morgan fingerprint density at radius 1 is 0.538 bits per heavy atom. The highest BCUT2D eigenvalue weighted by Crippen LogP contribution is 2.23. The predicted molar refractivity (Wildman–Crippen MR) is 170 cm³/mol. The van der Waals surface area contributed by atoms with Gasteiger partial charge in [-0.1, -0.05) is 6.92 Å². The van der Waals surface area contributed by atoms with Gasteiger partial charge in [-0.25, -0.2) is 0 Å². The number of hydrogen-bond acceptors (Lipinski definition) is 6. The summed E-state index contributed by atoms with van der Waals surface area (Å²) in [6.07, 6.45) is 5.49. The highest BCUT2D eigenvalue weighted by Gasteiger charge is 2.29. The van der Waals surface area contributed by atoms with Gasteiger partial charge >= 0.3 is 0 Å². The van der Waals surface area contributed by atoms with Crippen molar-refractivity contribution >= 4 is 0 Å². The zero-order chi connectivity index (χ0) is 28.5. The summed E-state index contributed by atoms with van der Waals surface area (Å²) in [7, 11) is 0. The van der Waals surface area contributed by atoms with Crippen molar-refractivity contribution in [2.45, 2.75) is 118 Å². The third-order valence-electron chi connectivity index (χ3n) is 10.6. The molecular weight excluding hydrogens is 480 g/mol. The Balaban J connectivity index is 0.000000216. The number of piperidine rings is 1. The summed E-state index contributed by atoms with van der Waals surface area (Å²) < 4.78 is 0. The number of likely N-dealkylation sites (tertiary alicyclic amines) is 2. The molecule has 4 aliphatic heterocycles. The maximum absolute atomic E-state index is 2.74. The van der Waals surface area contributed by atoms with Crippen LogP contribution in [0.2, 0.25) is 0 Å². The molecule has 0 spiro atoms. The van der Waals surface area contributed by atoms with E-state index in [0.717, 1.165) is 36.0 Å². The average molecular weight is 549 g/mol. The van der Waals surface area contributed by atoms with E-state index in [0.29, 0.717) is 6.04 Å². The molecule has 0 radical (unpaired) electrons. The Kier molecular flexibility index (Phi) is 14.0. The van der Waals surface area contributed by atoms with Crippen LogP contribution in [-0.2, 0) is 0 Å². The number of nitrogens with zero attached hydrogens (tertiary/aromatic N) is 6. The van der Waals surface area contributed by atoms with E-state index in [1.54, 1.807) is 0 Å². The molecule has 6 nitrogen and oxygen atoms in total. The van der Waals surface area contributed by atoms with Gasteiger partial charge < -0.3 is 14.7 Å². The van der Waals surface area contributed by atoms with Gasteiger partial charge in [-0.05, 0) is 113 Å². The highest BCUT2D eigenvalue weighted by molar-refractivity contribution is 4.85. The van der Waals surface area contributed by atoms with Crippen LogP contribution >= 0.6 is 0 Å². The first-order valence-electron chi connectivity index (χ1n) is 17.0.